The van der Waals surface area contributed by atoms with E-state index < -0.39 is 0 Å². The van der Waals surface area contributed by atoms with Gasteiger partial charge in [-0.05, 0) is 38.2 Å². The molecule has 0 aromatic carbocycles. The van der Waals surface area contributed by atoms with E-state index in [-0.39, 0.29) is 6.10 Å². The van der Waals surface area contributed by atoms with Crippen LogP contribution >= 0.6 is 0 Å². The van der Waals surface area contributed by atoms with Crippen molar-refractivity contribution in [3.8, 4) is 0 Å². The monoisotopic (exact) mass is 192 g/mol. The number of rotatable bonds is 2. The van der Waals surface area contributed by atoms with Crippen LogP contribution in [0.3, 0.4) is 0 Å². The largest absolute Gasteiger partial charge is 0.389 e. The van der Waals surface area contributed by atoms with Crippen LogP contribution in [0.1, 0.15) is 39.0 Å². The van der Waals surface area contributed by atoms with Gasteiger partial charge in [-0.1, -0.05) is 36.8 Å². The minimum atomic E-state index is -0.350. The molecule has 0 heterocycles. The third-order valence-electron chi connectivity index (χ3n) is 2.33. The Morgan fingerprint density at radius 3 is 2.86 bits per heavy atom. The quantitative estimate of drug-likeness (QED) is 0.711. The normalized spacial score (nSPS) is 27.1. The predicted molar refractivity (Wildman–Crippen MR) is 61.1 cm³/mol. The number of aliphatic hydroxyl groups excluding tert-OH is 1. The molecule has 0 bridgehead atoms. The van der Waals surface area contributed by atoms with E-state index >= 15 is 0 Å². The van der Waals surface area contributed by atoms with Crippen LogP contribution in [0.2, 0.25) is 0 Å². The summed E-state index contributed by atoms with van der Waals surface area (Å²) in [5.41, 5.74) is 1.23. The number of allylic oxidation sites excluding steroid dienone is 5. The van der Waals surface area contributed by atoms with Crippen molar-refractivity contribution in [2.75, 3.05) is 0 Å². The van der Waals surface area contributed by atoms with Crippen LogP contribution in [0.15, 0.2) is 36.0 Å². The second-order valence-corrected chi connectivity index (χ2v) is 3.84. The van der Waals surface area contributed by atoms with Crippen molar-refractivity contribution in [2.45, 2.75) is 45.1 Å². The molecule has 1 aliphatic rings. The number of aliphatic hydroxyl groups is 1. The van der Waals surface area contributed by atoms with Crippen molar-refractivity contribution in [1.29, 1.82) is 0 Å². The van der Waals surface area contributed by atoms with E-state index in [1.165, 1.54) is 31.3 Å². The molecule has 1 aliphatic carbocycles. The van der Waals surface area contributed by atoms with Crippen LogP contribution in [0, 0.1) is 0 Å². The van der Waals surface area contributed by atoms with Crippen LogP contribution in [-0.2, 0) is 0 Å². The van der Waals surface area contributed by atoms with Gasteiger partial charge >= 0.3 is 0 Å². The molecule has 1 nitrogen and oxygen atoms in total. The molecule has 0 radical (unpaired) electrons. The molecule has 0 spiro atoms. The van der Waals surface area contributed by atoms with Gasteiger partial charge in [-0.2, -0.15) is 0 Å². The van der Waals surface area contributed by atoms with E-state index in [9.17, 15) is 0 Å². The second-order valence-electron chi connectivity index (χ2n) is 3.84. The fourth-order valence-electron chi connectivity index (χ4n) is 1.51. The molecule has 0 amide bonds. The van der Waals surface area contributed by atoms with E-state index in [0.717, 1.165) is 6.42 Å². The Morgan fingerprint density at radius 2 is 2.07 bits per heavy atom. The van der Waals surface area contributed by atoms with Crippen molar-refractivity contribution in [1.82, 2.24) is 0 Å². The summed E-state index contributed by atoms with van der Waals surface area (Å²) in [5, 5.41) is 9.13. The maximum Gasteiger partial charge on any atom is 0.0696 e. The van der Waals surface area contributed by atoms with Gasteiger partial charge < -0.3 is 5.11 Å². The number of hydrogen-bond donors (Lipinski definition) is 1. The van der Waals surface area contributed by atoms with Gasteiger partial charge in [0.15, 0.2) is 0 Å². The molecule has 1 atom stereocenters. The van der Waals surface area contributed by atoms with Crippen molar-refractivity contribution >= 4 is 0 Å². The SMILES string of the molecule is CC(O)/C=C/C1=C/CCCCC/C=C\1. The molecule has 1 rings (SSSR count). The Labute approximate surface area is 86.8 Å². The molecule has 0 aromatic rings. The third kappa shape index (κ3) is 5.03. The average molecular weight is 192 g/mol. The molecule has 14 heavy (non-hydrogen) atoms. The Kier molecular flexibility index (Phi) is 5.31. The molecular weight excluding hydrogens is 172 g/mol. The smallest absolute Gasteiger partial charge is 0.0696 e. The zero-order valence-corrected chi connectivity index (χ0v) is 8.95. The lowest BCUT2D eigenvalue weighted by Crippen LogP contribution is -1.91. The van der Waals surface area contributed by atoms with Gasteiger partial charge in [-0.25, -0.2) is 0 Å². The highest BCUT2D eigenvalue weighted by Crippen LogP contribution is 2.12. The van der Waals surface area contributed by atoms with Crippen molar-refractivity contribution in [3.05, 3.63) is 36.0 Å². The van der Waals surface area contributed by atoms with Crippen molar-refractivity contribution in [3.63, 3.8) is 0 Å². The van der Waals surface area contributed by atoms with Gasteiger partial charge in [0.2, 0.25) is 0 Å². The van der Waals surface area contributed by atoms with Crippen LogP contribution in [0.5, 0.6) is 0 Å². The summed E-state index contributed by atoms with van der Waals surface area (Å²) < 4.78 is 0. The predicted octanol–water partition coefficient (Wildman–Crippen LogP) is 3.37. The number of hydrogen-bond acceptors (Lipinski definition) is 1. The molecule has 0 fully saturated rings. The zero-order valence-electron chi connectivity index (χ0n) is 8.95. The molecule has 1 N–H and O–H groups in total. The maximum absolute atomic E-state index is 9.13. The first-order valence-corrected chi connectivity index (χ1v) is 5.52. The van der Waals surface area contributed by atoms with E-state index in [4.69, 9.17) is 5.11 Å². The van der Waals surface area contributed by atoms with Gasteiger partial charge in [-0.3, -0.25) is 0 Å². The molecule has 0 aromatic heterocycles. The summed E-state index contributed by atoms with van der Waals surface area (Å²) in [5.74, 6) is 0. The Hall–Kier alpha value is -0.820. The first-order chi connectivity index (χ1) is 6.79. The van der Waals surface area contributed by atoms with Gasteiger partial charge in [-0.15, -0.1) is 0 Å². The van der Waals surface area contributed by atoms with E-state index in [1.54, 1.807) is 6.92 Å². The highest BCUT2D eigenvalue weighted by atomic mass is 16.3. The molecular formula is C13H20O. The maximum atomic E-state index is 9.13. The lowest BCUT2D eigenvalue weighted by atomic mass is 10.1. The Bertz CT molecular complexity index is 234. The molecule has 1 heteroatoms. The average Bonchev–Trinajstić information content (AvgIpc) is 2.27. The Morgan fingerprint density at radius 1 is 1.29 bits per heavy atom. The molecule has 1 unspecified atom stereocenters. The molecule has 0 saturated carbocycles. The van der Waals surface area contributed by atoms with Gasteiger partial charge in [0, 0.05) is 0 Å². The lowest BCUT2D eigenvalue weighted by molar-refractivity contribution is 0.244. The van der Waals surface area contributed by atoms with E-state index in [2.05, 4.69) is 18.2 Å². The summed E-state index contributed by atoms with van der Waals surface area (Å²) >= 11 is 0. The minimum Gasteiger partial charge on any atom is -0.389 e. The van der Waals surface area contributed by atoms with Gasteiger partial charge in [0.25, 0.3) is 0 Å². The van der Waals surface area contributed by atoms with Crippen molar-refractivity contribution in [2.24, 2.45) is 0 Å². The first-order valence-electron chi connectivity index (χ1n) is 5.52. The summed E-state index contributed by atoms with van der Waals surface area (Å²) in [6, 6.07) is 0. The summed E-state index contributed by atoms with van der Waals surface area (Å²) in [6.45, 7) is 1.77. The lowest BCUT2D eigenvalue weighted by Gasteiger charge is -1.96. The van der Waals surface area contributed by atoms with Crippen molar-refractivity contribution < 1.29 is 5.11 Å². The standard InChI is InChI=1S/C13H20O/c1-12(14)10-11-13-8-6-4-2-3-5-7-9-13/h6,8-12,14H,2-5,7H2,1H3/b8-6-,11-10+,13-9+. The summed E-state index contributed by atoms with van der Waals surface area (Å²) in [4.78, 5) is 0. The summed E-state index contributed by atoms with van der Waals surface area (Å²) in [7, 11) is 0. The molecule has 78 valence electrons. The van der Waals surface area contributed by atoms with Crippen LogP contribution in [-0.4, -0.2) is 11.2 Å². The third-order valence-corrected chi connectivity index (χ3v) is 2.33. The summed E-state index contributed by atoms with van der Waals surface area (Å²) in [6.07, 6.45) is 16.4. The second kappa shape index (κ2) is 6.61. The topological polar surface area (TPSA) is 20.2 Å². The van der Waals surface area contributed by atoms with E-state index in [1.807, 2.05) is 12.2 Å². The molecule has 0 aliphatic heterocycles. The van der Waals surface area contributed by atoms with Crippen LogP contribution < -0.4 is 0 Å². The van der Waals surface area contributed by atoms with E-state index in [0.29, 0.717) is 0 Å². The minimum absolute atomic E-state index is 0.350. The zero-order chi connectivity index (χ0) is 10.2. The van der Waals surface area contributed by atoms with Crippen LogP contribution in [0.25, 0.3) is 0 Å². The fourth-order valence-corrected chi connectivity index (χ4v) is 1.51. The van der Waals surface area contributed by atoms with Gasteiger partial charge in [0.1, 0.15) is 0 Å². The molecule has 0 saturated heterocycles. The highest BCUT2D eigenvalue weighted by molar-refractivity contribution is 5.31. The van der Waals surface area contributed by atoms with Gasteiger partial charge in [0.05, 0.1) is 6.10 Å². The fraction of sp³-hybridized carbons (Fsp3) is 0.538. The van der Waals surface area contributed by atoms with Crippen LogP contribution in [0.4, 0.5) is 0 Å². The highest BCUT2D eigenvalue weighted by Gasteiger charge is 1.93. The first kappa shape index (κ1) is 11.3. The Balaban J connectivity index is 2.57.